The molecular weight excluding hydrogens is 1140 g/mol. The predicted molar refractivity (Wildman–Crippen MR) is 241 cm³/mol. The second-order valence-corrected chi connectivity index (χ2v) is 17.8. The van der Waals surface area contributed by atoms with E-state index in [2.05, 4.69) is 53.5 Å². The Labute approximate surface area is 431 Å². The van der Waals surface area contributed by atoms with Gasteiger partial charge in [0.25, 0.3) is 0 Å². The summed E-state index contributed by atoms with van der Waals surface area (Å²) in [7, 11) is 0. The van der Waals surface area contributed by atoms with Gasteiger partial charge in [-0.3, -0.25) is 4.98 Å². The van der Waals surface area contributed by atoms with Gasteiger partial charge in [0.15, 0.2) is 0 Å². The molecule has 0 amide bonds. The molecule has 80 heavy (non-hydrogen) atoms. The van der Waals surface area contributed by atoms with Gasteiger partial charge in [0.2, 0.25) is 18.1 Å². The van der Waals surface area contributed by atoms with Gasteiger partial charge in [-0.05, 0) is 57.9 Å². The zero-order valence-electron chi connectivity index (χ0n) is 38.9. The number of aromatic nitrogens is 2. The number of benzene rings is 8. The standard InChI is InChI=1S/C32H12BF24.C20H13N2O/c34-25(35,36)13-1-14(26(37,38)39)6-21(5-13)33(22-7-15(27(40,41)42)2-16(8-22)28(43,44)45,23-9-17(29(46,47)48)3-18(10-23)30(49,50)51)24-11-19(31(52,53)54)4-20(12-24)32(55,56)57;1-2-14-4-5-16-7-9-18(23-22-12-10-21-11-13-22)17-8-6-15(3-1)19(14)20(16)17/h1-12H;1-13H/q-1;+1. The van der Waals surface area contributed by atoms with Crippen molar-refractivity contribution in [3.63, 3.8) is 0 Å². The summed E-state index contributed by atoms with van der Waals surface area (Å²) in [6, 6.07) is 10.4. The fourth-order valence-corrected chi connectivity index (χ4v) is 9.34. The average Bonchev–Trinajstić information content (AvgIpc) is 3.06. The van der Waals surface area contributed by atoms with Gasteiger partial charge in [0, 0.05) is 15.5 Å². The number of halogens is 24. The van der Waals surface area contributed by atoms with Crippen LogP contribution in [0.2, 0.25) is 0 Å². The molecule has 0 radical (unpaired) electrons. The minimum Gasteiger partial charge on any atom is -0.252 e. The molecule has 28 heteroatoms. The van der Waals surface area contributed by atoms with Crippen molar-refractivity contribution in [2.75, 3.05) is 0 Å². The zero-order valence-corrected chi connectivity index (χ0v) is 38.9. The lowest BCUT2D eigenvalue weighted by atomic mass is 9.12. The summed E-state index contributed by atoms with van der Waals surface area (Å²) in [6.07, 6.45) is -47.8. The maximum Gasteiger partial charge on any atom is 0.416 e. The van der Waals surface area contributed by atoms with Crippen LogP contribution in [0.5, 0.6) is 5.75 Å². The molecular formula is C52H25BF24N2O. The smallest absolute Gasteiger partial charge is 0.252 e. The Morgan fingerprint density at radius 1 is 0.312 bits per heavy atom. The molecule has 0 unspecified atom stereocenters. The number of nitrogens with zero attached hydrogens (tertiary/aromatic N) is 2. The lowest BCUT2D eigenvalue weighted by Gasteiger charge is -2.46. The van der Waals surface area contributed by atoms with E-state index in [9.17, 15) is 105 Å². The van der Waals surface area contributed by atoms with Crippen LogP contribution in [0, 0.1) is 0 Å². The first-order valence-corrected chi connectivity index (χ1v) is 22.2. The molecule has 420 valence electrons. The fourth-order valence-electron chi connectivity index (χ4n) is 9.34. The summed E-state index contributed by atoms with van der Waals surface area (Å²) in [4.78, 5) is 10.0. The van der Waals surface area contributed by atoms with Crippen LogP contribution in [0.15, 0.2) is 152 Å². The second-order valence-electron chi connectivity index (χ2n) is 17.8. The third kappa shape index (κ3) is 11.7. The molecule has 3 nitrogen and oxygen atoms in total. The van der Waals surface area contributed by atoms with Gasteiger partial charge >= 0.3 is 49.4 Å². The van der Waals surface area contributed by atoms with Gasteiger partial charge in [-0.25, -0.2) is 4.84 Å². The normalized spacial score (nSPS) is 13.5. The van der Waals surface area contributed by atoms with Crippen molar-refractivity contribution in [3.05, 3.63) is 197 Å². The van der Waals surface area contributed by atoms with Crippen molar-refractivity contribution < 1.29 is 115 Å². The van der Waals surface area contributed by atoms with E-state index >= 15 is 0 Å². The van der Waals surface area contributed by atoms with E-state index in [1.165, 1.54) is 26.9 Å². The van der Waals surface area contributed by atoms with Gasteiger partial charge in [0.1, 0.15) is 6.15 Å². The lowest BCUT2D eigenvalue weighted by molar-refractivity contribution is -0.875. The monoisotopic (exact) mass is 1160 g/mol. The molecule has 9 rings (SSSR count). The van der Waals surface area contributed by atoms with Gasteiger partial charge in [-0.2, -0.15) is 127 Å². The van der Waals surface area contributed by atoms with Crippen molar-refractivity contribution in [2.45, 2.75) is 49.4 Å². The summed E-state index contributed by atoms with van der Waals surface area (Å²) in [6.45, 7) is 0. The highest BCUT2D eigenvalue weighted by molar-refractivity contribution is 7.20. The molecule has 0 saturated carbocycles. The van der Waals surface area contributed by atoms with Crippen LogP contribution in [-0.2, 0) is 49.4 Å². The molecule has 1 heterocycles. The van der Waals surface area contributed by atoms with Crippen LogP contribution >= 0.6 is 0 Å². The Morgan fingerprint density at radius 3 is 0.863 bits per heavy atom. The van der Waals surface area contributed by atoms with Crippen LogP contribution in [0.3, 0.4) is 0 Å². The Kier molecular flexibility index (Phi) is 14.3. The SMILES string of the molecule is FC(F)(F)c1cc([B-](c2cc(C(F)(F)F)cc(C(F)(F)F)c2)(c2cc(C(F)(F)F)cc(C(F)(F)F)c2)c2cc(C(F)(F)F)cc(C(F)(F)F)c2)cc(C(F)(F)F)c1.c1cc2ccc3ccc(O[n+]4ccncc4)c4ccc(c1)c2c34. The largest absolute Gasteiger partial charge is 0.416 e. The summed E-state index contributed by atoms with van der Waals surface area (Å²) < 4.78 is 342. The molecule has 0 fully saturated rings. The second kappa shape index (κ2) is 19.7. The van der Waals surface area contributed by atoms with Crippen LogP contribution in [-0.4, -0.2) is 11.1 Å². The molecule has 9 aromatic rings. The first-order valence-electron chi connectivity index (χ1n) is 22.2. The maximum atomic E-state index is 14.2. The highest BCUT2D eigenvalue weighted by Gasteiger charge is 2.47. The van der Waals surface area contributed by atoms with Gasteiger partial charge in [-0.15, -0.1) is 0 Å². The van der Waals surface area contributed by atoms with Crippen molar-refractivity contribution in [1.29, 1.82) is 0 Å². The molecule has 8 aromatic carbocycles. The summed E-state index contributed by atoms with van der Waals surface area (Å²) in [5.41, 5.74) is -30.2. The number of alkyl halides is 24. The lowest BCUT2D eigenvalue weighted by Crippen LogP contribution is -2.75. The number of hydrogen-bond donors (Lipinski definition) is 0. The Balaban J connectivity index is 0.000000298. The quantitative estimate of drug-likeness (QED) is 0.0718. The third-order valence-corrected chi connectivity index (χ3v) is 12.7. The maximum absolute atomic E-state index is 14.2. The van der Waals surface area contributed by atoms with E-state index < -0.39 is 195 Å². The van der Waals surface area contributed by atoms with Crippen LogP contribution in [0.25, 0.3) is 32.3 Å². The number of rotatable bonds is 6. The zero-order chi connectivity index (χ0) is 59.1. The van der Waals surface area contributed by atoms with E-state index in [0.29, 0.717) is 0 Å². The van der Waals surface area contributed by atoms with Gasteiger partial charge in [0.05, 0.1) is 56.9 Å². The van der Waals surface area contributed by atoms with E-state index in [1.54, 1.807) is 29.5 Å². The van der Waals surface area contributed by atoms with Crippen LogP contribution in [0.1, 0.15) is 44.5 Å². The van der Waals surface area contributed by atoms with E-state index in [1.807, 2.05) is 6.07 Å². The summed E-state index contributed by atoms with van der Waals surface area (Å²) >= 11 is 0. The molecule has 0 aliphatic heterocycles. The van der Waals surface area contributed by atoms with Gasteiger partial charge < -0.3 is 0 Å². The van der Waals surface area contributed by atoms with Crippen LogP contribution < -0.4 is 31.4 Å². The van der Waals surface area contributed by atoms with E-state index in [-0.39, 0.29) is 0 Å². The molecule has 0 spiro atoms. The summed E-state index contributed by atoms with van der Waals surface area (Å²) in [5.74, 6) is 0.840. The minimum atomic E-state index is -6.13. The van der Waals surface area contributed by atoms with Crippen LogP contribution in [0.4, 0.5) is 105 Å². The average molecular weight is 1160 g/mol. The van der Waals surface area contributed by atoms with Crippen molar-refractivity contribution in [1.82, 2.24) is 4.98 Å². The highest BCUT2D eigenvalue weighted by atomic mass is 19.4. The van der Waals surface area contributed by atoms with Gasteiger partial charge in [-0.1, -0.05) is 91.0 Å². The Bertz CT molecular complexity index is 3310. The van der Waals surface area contributed by atoms with E-state index in [4.69, 9.17) is 4.84 Å². The molecule has 0 atom stereocenters. The molecule has 1 aromatic heterocycles. The van der Waals surface area contributed by atoms with Crippen molar-refractivity contribution in [3.8, 4) is 5.75 Å². The predicted octanol–water partition coefficient (Wildman–Crippen LogP) is 15.3. The first kappa shape index (κ1) is 58.2. The molecule has 0 aliphatic rings. The Morgan fingerprint density at radius 2 is 0.575 bits per heavy atom. The van der Waals surface area contributed by atoms with E-state index in [0.717, 1.165) is 11.1 Å². The number of hydrogen-bond acceptors (Lipinski definition) is 2. The minimum absolute atomic E-state index is 0.691. The highest BCUT2D eigenvalue weighted by Crippen LogP contribution is 2.43. The topological polar surface area (TPSA) is 26.0 Å². The fraction of sp³-hybridized carbons (Fsp3) is 0.154. The van der Waals surface area contributed by atoms with Crippen molar-refractivity contribution >= 4 is 60.3 Å². The Hall–Kier alpha value is -7.94. The molecule has 0 bridgehead atoms. The molecule has 0 saturated heterocycles. The first-order chi connectivity index (χ1) is 36.7. The molecule has 0 N–H and O–H groups in total. The van der Waals surface area contributed by atoms with Crippen molar-refractivity contribution in [2.24, 2.45) is 0 Å². The summed E-state index contributed by atoms with van der Waals surface area (Å²) in [5, 5.41) is 7.43. The third-order valence-electron chi connectivity index (χ3n) is 12.7. The molecule has 0 aliphatic carbocycles.